The second kappa shape index (κ2) is 8.77. The lowest BCUT2D eigenvalue weighted by atomic mass is 10.3. The molecule has 3 aromatic rings. The first-order valence-electron chi connectivity index (χ1n) is 8.01. The fourth-order valence-corrected chi connectivity index (χ4v) is 3.54. The summed E-state index contributed by atoms with van der Waals surface area (Å²) in [5.74, 6) is 1.55. The molecule has 2 heterocycles. The minimum Gasteiger partial charge on any atom is -0.483 e. The lowest BCUT2D eigenvalue weighted by Crippen LogP contribution is -2.15. The van der Waals surface area contributed by atoms with Gasteiger partial charge in [0, 0.05) is 6.54 Å². The summed E-state index contributed by atoms with van der Waals surface area (Å²) in [5.41, 5.74) is 1.57. The van der Waals surface area contributed by atoms with Crippen LogP contribution in [0.25, 0.3) is 0 Å². The molecule has 0 saturated carbocycles. The number of hydrogen-bond acceptors (Lipinski definition) is 8. The Hall–Kier alpha value is -2.46. The first-order valence-corrected chi connectivity index (χ1v) is 9.87. The van der Waals surface area contributed by atoms with E-state index >= 15 is 0 Å². The van der Waals surface area contributed by atoms with E-state index in [0.717, 1.165) is 11.6 Å². The highest BCUT2D eigenvalue weighted by Crippen LogP contribution is 2.24. The second-order valence-electron chi connectivity index (χ2n) is 5.24. The average Bonchev–Trinajstić information content (AvgIpc) is 3.30. The number of ether oxygens (including phenoxy) is 1. The van der Waals surface area contributed by atoms with Gasteiger partial charge in [0.15, 0.2) is 17.1 Å². The van der Waals surface area contributed by atoms with Gasteiger partial charge in [-0.05, 0) is 26.0 Å². The van der Waals surface area contributed by atoms with Crippen molar-refractivity contribution in [1.29, 1.82) is 0 Å². The van der Waals surface area contributed by atoms with Crippen LogP contribution in [-0.4, -0.2) is 36.6 Å². The van der Waals surface area contributed by atoms with Crippen LogP contribution in [0.4, 0.5) is 5.13 Å². The molecule has 8 nitrogen and oxygen atoms in total. The maximum Gasteiger partial charge on any atom is 0.236 e. The van der Waals surface area contributed by atoms with Crippen LogP contribution in [-0.2, 0) is 11.3 Å². The molecule has 3 rings (SSSR count). The number of thioether (sulfide) groups is 1. The number of anilines is 1. The molecule has 0 bridgehead atoms. The van der Waals surface area contributed by atoms with Gasteiger partial charge in [-0.1, -0.05) is 41.3 Å². The van der Waals surface area contributed by atoms with E-state index < -0.39 is 0 Å². The molecule has 1 atom stereocenters. The number of para-hydroxylation sites is 1. The summed E-state index contributed by atoms with van der Waals surface area (Å²) in [6, 6.07) is 9.58. The van der Waals surface area contributed by atoms with Gasteiger partial charge in [-0.3, -0.25) is 10.1 Å². The fourth-order valence-electron chi connectivity index (χ4n) is 2.27. The van der Waals surface area contributed by atoms with Gasteiger partial charge in [0.25, 0.3) is 0 Å². The Bertz CT molecular complexity index is 838. The highest BCUT2D eigenvalue weighted by Gasteiger charge is 2.19. The molecule has 0 aliphatic rings. The Labute approximate surface area is 159 Å². The Morgan fingerprint density at radius 3 is 2.81 bits per heavy atom. The number of benzene rings is 1. The molecule has 0 fully saturated rings. The number of carbonyl (C=O) groups is 1. The molecule has 136 valence electrons. The molecule has 0 aliphatic heterocycles. The maximum absolute atomic E-state index is 12.0. The zero-order chi connectivity index (χ0) is 18.4. The van der Waals surface area contributed by atoms with Crippen LogP contribution in [0.2, 0.25) is 0 Å². The number of nitrogens with zero attached hydrogens (tertiary/aromatic N) is 5. The molecule has 1 amide bonds. The van der Waals surface area contributed by atoms with Crippen molar-refractivity contribution in [2.75, 3.05) is 11.1 Å². The summed E-state index contributed by atoms with van der Waals surface area (Å²) in [7, 11) is 0. The molecule has 2 aromatic heterocycles. The van der Waals surface area contributed by atoms with Crippen molar-refractivity contribution in [3.63, 3.8) is 0 Å². The average molecular weight is 390 g/mol. The molecular formula is C16H18N6O2S2. The van der Waals surface area contributed by atoms with E-state index in [-0.39, 0.29) is 17.8 Å². The van der Waals surface area contributed by atoms with Gasteiger partial charge in [0.1, 0.15) is 11.3 Å². The zero-order valence-electron chi connectivity index (χ0n) is 14.3. The molecule has 0 radical (unpaired) electrons. The van der Waals surface area contributed by atoms with Crippen LogP contribution in [0.1, 0.15) is 25.8 Å². The highest BCUT2D eigenvalue weighted by molar-refractivity contribution is 7.99. The molecule has 0 saturated heterocycles. The lowest BCUT2D eigenvalue weighted by molar-refractivity contribution is -0.113. The van der Waals surface area contributed by atoms with Crippen molar-refractivity contribution in [2.45, 2.75) is 31.7 Å². The quantitative estimate of drug-likeness (QED) is 0.591. The third-order valence-electron chi connectivity index (χ3n) is 3.42. The van der Waals surface area contributed by atoms with Gasteiger partial charge >= 0.3 is 0 Å². The van der Waals surface area contributed by atoms with Crippen LogP contribution >= 0.6 is 23.1 Å². The first-order chi connectivity index (χ1) is 12.7. The molecule has 1 unspecified atom stereocenters. The number of hydrogen-bond donors (Lipinski definition) is 1. The SMILES string of the molecule is CCn1c(SCC(=O)Nc2nncs2)nnc1C(C)Oc1ccccc1. The minimum absolute atomic E-state index is 0.160. The number of nitrogens with one attached hydrogen (secondary N) is 1. The zero-order valence-corrected chi connectivity index (χ0v) is 16.0. The molecule has 1 aromatic carbocycles. The van der Waals surface area contributed by atoms with Crippen LogP contribution in [0.3, 0.4) is 0 Å². The molecule has 10 heteroatoms. The van der Waals surface area contributed by atoms with Gasteiger partial charge in [0.2, 0.25) is 11.0 Å². The largest absolute Gasteiger partial charge is 0.483 e. The van der Waals surface area contributed by atoms with E-state index in [1.807, 2.05) is 48.7 Å². The number of rotatable bonds is 8. The molecule has 1 N–H and O–H groups in total. The standard InChI is InChI=1S/C16H18N6O2S2/c1-3-22-14(11(2)24-12-7-5-4-6-8-12)19-21-16(22)25-9-13(23)18-15-20-17-10-26-15/h4-8,10-11H,3,9H2,1-2H3,(H,18,20,23). The van der Waals surface area contributed by atoms with Gasteiger partial charge in [-0.25, -0.2) is 0 Å². The van der Waals surface area contributed by atoms with Crippen molar-refractivity contribution in [3.8, 4) is 5.75 Å². The molecule has 26 heavy (non-hydrogen) atoms. The monoisotopic (exact) mass is 390 g/mol. The van der Waals surface area contributed by atoms with Crippen LogP contribution < -0.4 is 10.1 Å². The maximum atomic E-state index is 12.0. The van der Waals surface area contributed by atoms with Crippen molar-refractivity contribution in [3.05, 3.63) is 41.7 Å². The van der Waals surface area contributed by atoms with Gasteiger partial charge in [-0.2, -0.15) is 0 Å². The minimum atomic E-state index is -0.255. The van der Waals surface area contributed by atoms with Crippen molar-refractivity contribution in [1.82, 2.24) is 25.0 Å². The summed E-state index contributed by atoms with van der Waals surface area (Å²) in [6.07, 6.45) is -0.255. The number of amides is 1. The van der Waals surface area contributed by atoms with Crippen molar-refractivity contribution >= 4 is 34.1 Å². The normalized spacial score (nSPS) is 11.9. The van der Waals surface area contributed by atoms with Crippen molar-refractivity contribution < 1.29 is 9.53 Å². The number of carbonyl (C=O) groups excluding carboxylic acids is 1. The first kappa shape index (κ1) is 18.3. The summed E-state index contributed by atoms with van der Waals surface area (Å²) in [6.45, 7) is 4.62. The Kier molecular flexibility index (Phi) is 6.18. The summed E-state index contributed by atoms with van der Waals surface area (Å²) in [5, 5.41) is 19.8. The van der Waals surface area contributed by atoms with E-state index in [2.05, 4.69) is 25.7 Å². The van der Waals surface area contributed by atoms with E-state index in [4.69, 9.17) is 4.74 Å². The molecular weight excluding hydrogens is 372 g/mol. The predicted octanol–water partition coefficient (Wildman–Crippen LogP) is 3.02. The highest BCUT2D eigenvalue weighted by atomic mass is 32.2. The summed E-state index contributed by atoms with van der Waals surface area (Å²) < 4.78 is 7.88. The lowest BCUT2D eigenvalue weighted by Gasteiger charge is -2.15. The van der Waals surface area contributed by atoms with E-state index in [1.54, 1.807) is 5.51 Å². The van der Waals surface area contributed by atoms with Crippen molar-refractivity contribution in [2.24, 2.45) is 0 Å². The Balaban J connectivity index is 1.63. The summed E-state index contributed by atoms with van der Waals surface area (Å²) >= 11 is 2.60. The second-order valence-corrected chi connectivity index (χ2v) is 7.01. The molecule has 0 aliphatic carbocycles. The third-order valence-corrected chi connectivity index (χ3v) is 4.99. The van der Waals surface area contributed by atoms with Gasteiger partial charge in [-0.15, -0.1) is 20.4 Å². The summed E-state index contributed by atoms with van der Waals surface area (Å²) in [4.78, 5) is 12.0. The van der Waals surface area contributed by atoms with E-state index in [1.165, 1.54) is 23.1 Å². The topological polar surface area (TPSA) is 94.8 Å². The smallest absolute Gasteiger partial charge is 0.236 e. The van der Waals surface area contributed by atoms with Gasteiger partial charge < -0.3 is 9.30 Å². The predicted molar refractivity (Wildman–Crippen MR) is 100 cm³/mol. The van der Waals surface area contributed by atoms with Gasteiger partial charge in [0.05, 0.1) is 5.75 Å². The number of aromatic nitrogens is 5. The Morgan fingerprint density at radius 2 is 2.12 bits per heavy atom. The van der Waals surface area contributed by atoms with Crippen LogP contribution in [0.5, 0.6) is 5.75 Å². The van der Waals surface area contributed by atoms with E-state index in [9.17, 15) is 4.79 Å². The third kappa shape index (κ3) is 4.58. The van der Waals surface area contributed by atoms with Crippen LogP contribution in [0, 0.1) is 0 Å². The van der Waals surface area contributed by atoms with Crippen LogP contribution in [0.15, 0.2) is 41.0 Å². The van der Waals surface area contributed by atoms with E-state index in [0.29, 0.717) is 16.8 Å². The fraction of sp³-hybridized carbons (Fsp3) is 0.312. The molecule has 0 spiro atoms. The Morgan fingerprint density at radius 1 is 1.31 bits per heavy atom.